The first kappa shape index (κ1) is 7.24. The highest BCUT2D eigenvalue weighted by Crippen LogP contribution is 2.02. The Morgan fingerprint density at radius 1 is 1.42 bits per heavy atom. The smallest absolute Gasteiger partial charge is 0.165 e. The van der Waals surface area contributed by atoms with Crippen molar-refractivity contribution in [3.05, 3.63) is 35.4 Å². The van der Waals surface area contributed by atoms with Gasteiger partial charge in [0, 0.05) is 11.9 Å². The minimum absolute atomic E-state index is 0.759. The molecule has 2 rings (SSSR count). The second-order valence-corrected chi connectivity index (χ2v) is 2.85. The molecular formula is C8H7N3S. The fourth-order valence-corrected chi connectivity index (χ4v) is 1.28. The molecule has 12 heavy (non-hydrogen) atoms. The predicted octanol–water partition coefficient (Wildman–Crippen LogP) is 2.04. The summed E-state index contributed by atoms with van der Waals surface area (Å²) in [5, 5.41) is 0. The van der Waals surface area contributed by atoms with Crippen LogP contribution in [-0.4, -0.2) is 14.3 Å². The summed E-state index contributed by atoms with van der Waals surface area (Å²) in [4.78, 5) is 7.08. The summed E-state index contributed by atoms with van der Waals surface area (Å²) in [6.45, 7) is 0. The Bertz CT molecular complexity index is 311. The molecule has 0 bridgehead atoms. The molecule has 4 heteroatoms. The van der Waals surface area contributed by atoms with Gasteiger partial charge in [-0.1, -0.05) is 0 Å². The van der Waals surface area contributed by atoms with Crippen LogP contribution in [-0.2, 0) is 0 Å². The van der Waals surface area contributed by atoms with E-state index < -0.39 is 0 Å². The molecule has 1 N–H and O–H groups in total. The molecule has 0 spiro atoms. The molecule has 0 saturated heterocycles. The normalized spacial score (nSPS) is 11.0. The minimum Gasteiger partial charge on any atom is -0.362 e. The van der Waals surface area contributed by atoms with Crippen LogP contribution in [0.25, 0.3) is 12.2 Å². The van der Waals surface area contributed by atoms with Crippen LogP contribution < -0.4 is 0 Å². The van der Waals surface area contributed by atoms with E-state index in [9.17, 15) is 0 Å². The van der Waals surface area contributed by atoms with Gasteiger partial charge in [-0.25, -0.2) is 4.98 Å². The first-order valence-electron chi connectivity index (χ1n) is 3.53. The van der Waals surface area contributed by atoms with Crippen molar-refractivity contribution in [1.82, 2.24) is 14.3 Å². The van der Waals surface area contributed by atoms with E-state index in [1.54, 1.807) is 5.51 Å². The summed E-state index contributed by atoms with van der Waals surface area (Å²) in [5.41, 5.74) is 2.78. The second kappa shape index (κ2) is 3.32. The van der Waals surface area contributed by atoms with Crippen LogP contribution in [0.1, 0.15) is 11.5 Å². The third-order valence-electron chi connectivity index (χ3n) is 1.41. The lowest BCUT2D eigenvalue weighted by Gasteiger charge is -1.82. The molecule has 0 amide bonds. The number of nitrogens with one attached hydrogen (secondary N) is 1. The van der Waals surface area contributed by atoms with Crippen LogP contribution >= 0.6 is 11.5 Å². The van der Waals surface area contributed by atoms with Crippen molar-refractivity contribution in [3.63, 3.8) is 0 Å². The Labute approximate surface area is 74.0 Å². The van der Waals surface area contributed by atoms with Crippen molar-refractivity contribution in [3.8, 4) is 0 Å². The van der Waals surface area contributed by atoms with Crippen LogP contribution in [0.3, 0.4) is 0 Å². The molecule has 2 aromatic heterocycles. The maximum atomic E-state index is 4.05. The number of aromatic nitrogens is 3. The van der Waals surface area contributed by atoms with E-state index in [4.69, 9.17) is 0 Å². The Morgan fingerprint density at radius 2 is 2.42 bits per heavy atom. The van der Waals surface area contributed by atoms with Gasteiger partial charge in [0.1, 0.15) is 5.51 Å². The van der Waals surface area contributed by atoms with Gasteiger partial charge in [0.05, 0.1) is 0 Å². The third-order valence-corrected chi connectivity index (χ3v) is 1.90. The summed E-state index contributed by atoms with van der Waals surface area (Å²) in [6.07, 6.45) is 5.71. The standard InChI is InChI=1S/C8H7N3S/c1-2-7(9-5-1)3-4-8-10-6-12-11-8/h1-6,9H. The Hall–Kier alpha value is -1.42. The average molecular weight is 177 g/mol. The van der Waals surface area contributed by atoms with Crippen LogP contribution in [0.2, 0.25) is 0 Å². The van der Waals surface area contributed by atoms with Crippen molar-refractivity contribution in [2.45, 2.75) is 0 Å². The molecule has 3 nitrogen and oxygen atoms in total. The van der Waals surface area contributed by atoms with Gasteiger partial charge in [-0.3, -0.25) is 0 Å². The van der Waals surface area contributed by atoms with Gasteiger partial charge in [0.25, 0.3) is 0 Å². The van der Waals surface area contributed by atoms with Gasteiger partial charge >= 0.3 is 0 Å². The van der Waals surface area contributed by atoms with Crippen molar-refractivity contribution in [2.75, 3.05) is 0 Å². The van der Waals surface area contributed by atoms with Gasteiger partial charge in [-0.2, -0.15) is 4.37 Å². The maximum Gasteiger partial charge on any atom is 0.165 e. The molecule has 0 saturated carbocycles. The van der Waals surface area contributed by atoms with E-state index in [1.807, 2.05) is 30.5 Å². The average Bonchev–Trinajstić information content (AvgIpc) is 2.74. The first-order valence-corrected chi connectivity index (χ1v) is 4.36. The Kier molecular flexibility index (Phi) is 2.00. The quantitative estimate of drug-likeness (QED) is 0.762. The van der Waals surface area contributed by atoms with Gasteiger partial charge in [-0.05, 0) is 35.8 Å². The number of hydrogen-bond acceptors (Lipinski definition) is 3. The van der Waals surface area contributed by atoms with Crippen LogP contribution in [0.5, 0.6) is 0 Å². The van der Waals surface area contributed by atoms with Gasteiger partial charge in [-0.15, -0.1) is 0 Å². The monoisotopic (exact) mass is 177 g/mol. The van der Waals surface area contributed by atoms with E-state index in [0.717, 1.165) is 11.5 Å². The molecule has 60 valence electrons. The topological polar surface area (TPSA) is 41.6 Å². The van der Waals surface area contributed by atoms with Crippen molar-refractivity contribution in [1.29, 1.82) is 0 Å². The van der Waals surface area contributed by atoms with Crippen molar-refractivity contribution < 1.29 is 0 Å². The number of aromatic amines is 1. The highest BCUT2D eigenvalue weighted by molar-refractivity contribution is 7.03. The molecule has 0 fully saturated rings. The fraction of sp³-hybridized carbons (Fsp3) is 0. The highest BCUT2D eigenvalue weighted by atomic mass is 32.1. The zero-order valence-corrected chi connectivity index (χ0v) is 7.08. The van der Waals surface area contributed by atoms with Gasteiger partial charge in [0.15, 0.2) is 5.82 Å². The summed E-state index contributed by atoms with van der Waals surface area (Å²) in [5.74, 6) is 0.759. The fourth-order valence-electron chi connectivity index (χ4n) is 0.864. The summed E-state index contributed by atoms with van der Waals surface area (Å²) in [7, 11) is 0. The van der Waals surface area contributed by atoms with E-state index in [-0.39, 0.29) is 0 Å². The molecular weight excluding hydrogens is 170 g/mol. The third kappa shape index (κ3) is 1.60. The molecule has 0 aliphatic heterocycles. The highest BCUT2D eigenvalue weighted by Gasteiger charge is 1.89. The van der Waals surface area contributed by atoms with E-state index in [0.29, 0.717) is 0 Å². The Balaban J connectivity index is 2.14. The van der Waals surface area contributed by atoms with Crippen LogP contribution in [0, 0.1) is 0 Å². The van der Waals surface area contributed by atoms with Gasteiger partial charge < -0.3 is 4.98 Å². The summed E-state index contributed by atoms with van der Waals surface area (Å²) in [6, 6.07) is 3.94. The molecule has 0 aliphatic carbocycles. The van der Waals surface area contributed by atoms with E-state index in [2.05, 4.69) is 14.3 Å². The molecule has 0 unspecified atom stereocenters. The number of nitrogens with zero attached hydrogens (tertiary/aromatic N) is 2. The SMILES string of the molecule is C(=Cc1ccc[nH]1)c1ncsn1. The van der Waals surface area contributed by atoms with Crippen molar-refractivity contribution in [2.24, 2.45) is 0 Å². The molecule has 0 radical (unpaired) electrons. The lowest BCUT2D eigenvalue weighted by Crippen LogP contribution is -1.72. The zero-order chi connectivity index (χ0) is 8.23. The Morgan fingerprint density at radius 3 is 3.08 bits per heavy atom. The zero-order valence-electron chi connectivity index (χ0n) is 6.27. The molecule has 2 heterocycles. The number of hydrogen-bond donors (Lipinski definition) is 1. The van der Waals surface area contributed by atoms with Crippen LogP contribution in [0.4, 0.5) is 0 Å². The van der Waals surface area contributed by atoms with Crippen molar-refractivity contribution >= 4 is 23.7 Å². The largest absolute Gasteiger partial charge is 0.362 e. The summed E-state index contributed by atoms with van der Waals surface area (Å²) < 4.78 is 4.05. The molecule has 0 aliphatic rings. The number of H-pyrrole nitrogens is 1. The molecule has 0 atom stereocenters. The first-order chi connectivity index (χ1) is 5.95. The second-order valence-electron chi connectivity index (χ2n) is 2.25. The lowest BCUT2D eigenvalue weighted by molar-refractivity contribution is 1.28. The van der Waals surface area contributed by atoms with Gasteiger partial charge in [0.2, 0.25) is 0 Å². The van der Waals surface area contributed by atoms with E-state index >= 15 is 0 Å². The predicted molar refractivity (Wildman–Crippen MR) is 49.6 cm³/mol. The summed E-state index contributed by atoms with van der Waals surface area (Å²) >= 11 is 1.35. The van der Waals surface area contributed by atoms with E-state index in [1.165, 1.54) is 11.5 Å². The minimum atomic E-state index is 0.759. The lowest BCUT2D eigenvalue weighted by atomic mass is 10.4. The molecule has 0 aromatic carbocycles. The number of rotatable bonds is 2. The maximum absolute atomic E-state index is 4.05. The molecule has 2 aromatic rings. The van der Waals surface area contributed by atoms with Crippen LogP contribution in [0.15, 0.2) is 23.8 Å².